The van der Waals surface area contributed by atoms with Crippen LogP contribution in [0.4, 0.5) is 5.69 Å². The summed E-state index contributed by atoms with van der Waals surface area (Å²) in [4.78, 5) is 16.6. The number of hydrogen-bond donors (Lipinski definition) is 2. The molecule has 0 atom stereocenters. The molecule has 0 spiro atoms. The van der Waals surface area contributed by atoms with Crippen LogP contribution in [0.25, 0.3) is 11.3 Å². The van der Waals surface area contributed by atoms with E-state index in [2.05, 4.69) is 10.3 Å². The Hall–Kier alpha value is -2.31. The Morgan fingerprint density at radius 2 is 2.04 bits per heavy atom. The van der Waals surface area contributed by atoms with Gasteiger partial charge in [-0.3, -0.25) is 4.79 Å². The van der Waals surface area contributed by atoms with Crippen LogP contribution in [-0.2, 0) is 4.79 Å². The molecular formula is C18H16N2O2S2. The first-order chi connectivity index (χ1) is 11.6. The van der Waals surface area contributed by atoms with E-state index in [-0.39, 0.29) is 11.7 Å². The van der Waals surface area contributed by atoms with E-state index in [4.69, 9.17) is 0 Å². The quantitative estimate of drug-likeness (QED) is 0.520. The fourth-order valence-electron chi connectivity index (χ4n) is 2.12. The molecule has 2 aromatic carbocycles. The second-order valence-electron chi connectivity index (χ2n) is 5.20. The number of benzene rings is 2. The number of amides is 1. The van der Waals surface area contributed by atoms with Gasteiger partial charge in [-0.15, -0.1) is 11.3 Å². The molecule has 0 fully saturated rings. The standard InChI is InChI=1S/C18H16N2O2S2/c1-12-9-14(7-8-16(12)21)19-17(22)11-24-18-20-15(10-23-18)13-5-3-2-4-6-13/h2-10,21H,11H2,1H3,(H,19,22). The van der Waals surface area contributed by atoms with Crippen molar-refractivity contribution in [1.29, 1.82) is 0 Å². The van der Waals surface area contributed by atoms with Crippen molar-refractivity contribution >= 4 is 34.7 Å². The number of phenols is 1. The van der Waals surface area contributed by atoms with Crippen LogP contribution < -0.4 is 5.32 Å². The molecule has 1 heterocycles. The van der Waals surface area contributed by atoms with Crippen molar-refractivity contribution in [3.05, 3.63) is 59.5 Å². The van der Waals surface area contributed by atoms with E-state index >= 15 is 0 Å². The predicted octanol–water partition coefficient (Wildman–Crippen LogP) is 4.55. The lowest BCUT2D eigenvalue weighted by Gasteiger charge is -2.06. The maximum Gasteiger partial charge on any atom is 0.234 e. The van der Waals surface area contributed by atoms with Gasteiger partial charge in [0.15, 0.2) is 4.34 Å². The zero-order chi connectivity index (χ0) is 16.9. The average Bonchev–Trinajstić information content (AvgIpc) is 3.06. The third kappa shape index (κ3) is 4.15. The first-order valence-corrected chi connectivity index (χ1v) is 9.21. The number of aryl methyl sites for hydroxylation is 1. The lowest BCUT2D eigenvalue weighted by atomic mass is 10.2. The summed E-state index contributed by atoms with van der Waals surface area (Å²) >= 11 is 2.95. The third-order valence-corrected chi connectivity index (χ3v) is 5.38. The number of aromatic nitrogens is 1. The highest BCUT2D eigenvalue weighted by Crippen LogP contribution is 2.28. The minimum absolute atomic E-state index is 0.0958. The molecule has 3 aromatic rings. The lowest BCUT2D eigenvalue weighted by Crippen LogP contribution is -2.13. The van der Waals surface area contributed by atoms with Crippen LogP contribution in [0, 0.1) is 6.92 Å². The maximum absolute atomic E-state index is 12.0. The van der Waals surface area contributed by atoms with Crippen molar-refractivity contribution in [3.8, 4) is 17.0 Å². The number of phenolic OH excluding ortho intramolecular Hbond substituents is 1. The van der Waals surface area contributed by atoms with Gasteiger partial charge in [-0.05, 0) is 30.7 Å². The van der Waals surface area contributed by atoms with Crippen LogP contribution in [0.2, 0.25) is 0 Å². The molecule has 0 unspecified atom stereocenters. The van der Waals surface area contributed by atoms with Gasteiger partial charge in [-0.2, -0.15) is 0 Å². The fourth-order valence-corrected chi connectivity index (χ4v) is 3.76. The van der Waals surface area contributed by atoms with Crippen molar-refractivity contribution in [2.75, 3.05) is 11.1 Å². The highest BCUT2D eigenvalue weighted by Gasteiger charge is 2.09. The molecular weight excluding hydrogens is 340 g/mol. The largest absolute Gasteiger partial charge is 0.508 e. The number of thioether (sulfide) groups is 1. The third-order valence-electron chi connectivity index (χ3n) is 3.36. The van der Waals surface area contributed by atoms with Gasteiger partial charge in [0.05, 0.1) is 11.4 Å². The highest BCUT2D eigenvalue weighted by atomic mass is 32.2. The van der Waals surface area contributed by atoms with Crippen molar-refractivity contribution < 1.29 is 9.90 Å². The van der Waals surface area contributed by atoms with Crippen LogP contribution >= 0.6 is 23.1 Å². The van der Waals surface area contributed by atoms with E-state index in [0.717, 1.165) is 21.2 Å². The van der Waals surface area contributed by atoms with Crippen molar-refractivity contribution in [1.82, 2.24) is 4.98 Å². The van der Waals surface area contributed by atoms with Crippen LogP contribution in [0.1, 0.15) is 5.56 Å². The second kappa shape index (κ2) is 7.51. The molecule has 6 heteroatoms. The Bertz CT molecular complexity index is 847. The predicted molar refractivity (Wildman–Crippen MR) is 99.7 cm³/mol. The van der Waals surface area contributed by atoms with Gasteiger partial charge >= 0.3 is 0 Å². The number of carbonyl (C=O) groups excluding carboxylic acids is 1. The minimum Gasteiger partial charge on any atom is -0.508 e. The van der Waals surface area contributed by atoms with Gasteiger partial charge < -0.3 is 10.4 Å². The van der Waals surface area contributed by atoms with E-state index in [1.165, 1.54) is 23.1 Å². The van der Waals surface area contributed by atoms with Gasteiger partial charge in [-0.25, -0.2) is 4.98 Å². The minimum atomic E-state index is -0.0958. The molecule has 4 nitrogen and oxygen atoms in total. The summed E-state index contributed by atoms with van der Waals surface area (Å²) < 4.78 is 0.867. The number of anilines is 1. The molecule has 1 aromatic heterocycles. The average molecular weight is 356 g/mol. The molecule has 0 aliphatic heterocycles. The molecule has 1 amide bonds. The molecule has 3 rings (SSSR count). The summed E-state index contributed by atoms with van der Waals surface area (Å²) in [6, 6.07) is 15.0. The number of rotatable bonds is 5. The molecule has 122 valence electrons. The summed E-state index contributed by atoms with van der Waals surface area (Å²) in [7, 11) is 0. The Kier molecular flexibility index (Phi) is 5.17. The molecule has 0 saturated heterocycles. The topological polar surface area (TPSA) is 62.2 Å². The number of nitrogens with one attached hydrogen (secondary N) is 1. The van der Waals surface area contributed by atoms with Crippen LogP contribution in [0.15, 0.2) is 58.3 Å². The summed E-state index contributed by atoms with van der Waals surface area (Å²) in [6.45, 7) is 1.79. The number of aromatic hydroxyl groups is 1. The number of carbonyl (C=O) groups is 1. The molecule has 0 aliphatic rings. The molecule has 24 heavy (non-hydrogen) atoms. The summed E-state index contributed by atoms with van der Waals surface area (Å²) in [5, 5.41) is 14.3. The van der Waals surface area contributed by atoms with Gasteiger partial charge in [0, 0.05) is 16.6 Å². The fraction of sp³-hybridized carbons (Fsp3) is 0.111. The van der Waals surface area contributed by atoms with Crippen molar-refractivity contribution in [2.45, 2.75) is 11.3 Å². The summed E-state index contributed by atoms with van der Waals surface area (Å²) in [6.07, 6.45) is 0. The van der Waals surface area contributed by atoms with Gasteiger partial charge in [0.2, 0.25) is 5.91 Å². The van der Waals surface area contributed by atoms with E-state index in [9.17, 15) is 9.90 Å². The second-order valence-corrected chi connectivity index (χ2v) is 7.28. The highest BCUT2D eigenvalue weighted by molar-refractivity contribution is 8.01. The van der Waals surface area contributed by atoms with Crippen LogP contribution in [0.3, 0.4) is 0 Å². The Balaban J connectivity index is 1.56. The number of nitrogens with zero attached hydrogens (tertiary/aromatic N) is 1. The molecule has 0 radical (unpaired) electrons. The molecule has 2 N–H and O–H groups in total. The van der Waals surface area contributed by atoms with E-state index < -0.39 is 0 Å². The number of thiazole rings is 1. The Labute approximate surface area is 148 Å². The SMILES string of the molecule is Cc1cc(NC(=O)CSc2nc(-c3ccccc3)cs2)ccc1O. The van der Waals surface area contributed by atoms with E-state index in [1.807, 2.05) is 35.7 Å². The first-order valence-electron chi connectivity index (χ1n) is 7.35. The monoisotopic (exact) mass is 356 g/mol. The Morgan fingerprint density at radius 3 is 2.79 bits per heavy atom. The van der Waals surface area contributed by atoms with Gasteiger partial charge in [-0.1, -0.05) is 42.1 Å². The normalized spacial score (nSPS) is 10.5. The number of hydrogen-bond acceptors (Lipinski definition) is 5. The smallest absolute Gasteiger partial charge is 0.234 e. The zero-order valence-corrected chi connectivity index (χ0v) is 14.7. The van der Waals surface area contributed by atoms with Crippen molar-refractivity contribution in [3.63, 3.8) is 0 Å². The first kappa shape index (κ1) is 16.5. The zero-order valence-electron chi connectivity index (χ0n) is 13.0. The summed E-state index contributed by atoms with van der Waals surface area (Å²) in [5.74, 6) is 0.418. The van der Waals surface area contributed by atoms with E-state index in [1.54, 1.807) is 25.1 Å². The summed E-state index contributed by atoms with van der Waals surface area (Å²) in [5.41, 5.74) is 3.41. The molecule has 0 saturated carbocycles. The van der Waals surface area contributed by atoms with E-state index in [0.29, 0.717) is 11.4 Å². The van der Waals surface area contributed by atoms with Gasteiger partial charge in [0.25, 0.3) is 0 Å². The van der Waals surface area contributed by atoms with Gasteiger partial charge in [0.1, 0.15) is 5.75 Å². The lowest BCUT2D eigenvalue weighted by molar-refractivity contribution is -0.113. The molecule has 0 bridgehead atoms. The van der Waals surface area contributed by atoms with Crippen LogP contribution in [0.5, 0.6) is 5.75 Å². The maximum atomic E-state index is 12.0. The van der Waals surface area contributed by atoms with Crippen molar-refractivity contribution in [2.24, 2.45) is 0 Å². The Morgan fingerprint density at radius 1 is 1.25 bits per heavy atom. The molecule has 0 aliphatic carbocycles. The van der Waals surface area contributed by atoms with Crippen LogP contribution in [-0.4, -0.2) is 21.8 Å².